The van der Waals surface area contributed by atoms with Crippen LogP contribution in [0, 0.1) is 6.92 Å². The summed E-state index contributed by atoms with van der Waals surface area (Å²) in [7, 11) is 3.86. The van der Waals surface area contributed by atoms with Crippen molar-refractivity contribution < 1.29 is 0 Å². The molecule has 0 saturated heterocycles. The molecule has 6 nitrogen and oxygen atoms in total. The number of benzene rings is 1. The highest BCUT2D eigenvalue weighted by Crippen LogP contribution is 2.27. The maximum atomic E-state index is 4.78. The maximum absolute atomic E-state index is 4.78. The summed E-state index contributed by atoms with van der Waals surface area (Å²) in [5, 5.41) is 13.5. The van der Waals surface area contributed by atoms with Gasteiger partial charge < -0.3 is 4.57 Å². The minimum atomic E-state index is 0.849. The quantitative estimate of drug-likeness (QED) is 0.571. The molecule has 0 unspecified atom stereocenters. The molecule has 0 spiro atoms. The molecule has 6 heteroatoms. The average Bonchev–Trinajstić information content (AvgIpc) is 3.15. The zero-order valence-electron chi connectivity index (χ0n) is 13.2. The van der Waals surface area contributed by atoms with Gasteiger partial charge in [-0.1, -0.05) is 0 Å². The third-order valence-electron chi connectivity index (χ3n) is 4.07. The molecule has 0 fully saturated rings. The van der Waals surface area contributed by atoms with Gasteiger partial charge in [-0.2, -0.15) is 5.10 Å². The summed E-state index contributed by atoms with van der Waals surface area (Å²) in [6, 6.07) is 10.3. The highest BCUT2D eigenvalue weighted by atomic mass is 15.3. The van der Waals surface area contributed by atoms with Crippen LogP contribution in [0.1, 0.15) is 5.56 Å². The second kappa shape index (κ2) is 5.01. The van der Waals surface area contributed by atoms with Gasteiger partial charge in [-0.15, -0.1) is 10.2 Å². The largest absolute Gasteiger partial charge is 0.317 e. The van der Waals surface area contributed by atoms with Gasteiger partial charge in [-0.3, -0.25) is 4.68 Å². The molecule has 0 aliphatic rings. The van der Waals surface area contributed by atoms with Crippen LogP contribution in [0.25, 0.3) is 33.7 Å². The van der Waals surface area contributed by atoms with Crippen molar-refractivity contribution in [3.8, 4) is 22.8 Å². The molecule has 0 amide bonds. The van der Waals surface area contributed by atoms with Crippen LogP contribution < -0.4 is 0 Å². The minimum Gasteiger partial charge on any atom is -0.317 e. The molecule has 23 heavy (non-hydrogen) atoms. The summed E-state index contributed by atoms with van der Waals surface area (Å²) in [5.41, 5.74) is 5.12. The van der Waals surface area contributed by atoms with E-state index in [4.69, 9.17) is 4.98 Å². The van der Waals surface area contributed by atoms with Crippen molar-refractivity contribution in [3.05, 3.63) is 48.4 Å². The predicted octanol–water partition coefficient (Wildman–Crippen LogP) is 2.74. The Hall–Kier alpha value is -3.02. The van der Waals surface area contributed by atoms with Crippen LogP contribution >= 0.6 is 0 Å². The summed E-state index contributed by atoms with van der Waals surface area (Å²) < 4.78 is 3.75. The van der Waals surface area contributed by atoms with E-state index in [0.29, 0.717) is 0 Å². The molecule has 114 valence electrons. The summed E-state index contributed by atoms with van der Waals surface area (Å²) in [4.78, 5) is 4.78. The molecular formula is C17H16N6. The molecule has 0 saturated carbocycles. The third kappa shape index (κ3) is 2.19. The molecule has 0 N–H and O–H groups in total. The Balaban J connectivity index is 1.90. The van der Waals surface area contributed by atoms with E-state index in [-0.39, 0.29) is 0 Å². The van der Waals surface area contributed by atoms with Crippen molar-refractivity contribution in [2.75, 3.05) is 0 Å². The molecule has 3 aromatic heterocycles. The highest BCUT2D eigenvalue weighted by Gasteiger charge is 2.11. The summed E-state index contributed by atoms with van der Waals surface area (Å²) >= 11 is 0. The van der Waals surface area contributed by atoms with Crippen LogP contribution in [0.5, 0.6) is 0 Å². The summed E-state index contributed by atoms with van der Waals surface area (Å²) in [5.74, 6) is 0.849. The number of fused-ring (bicyclic) bond motifs is 1. The van der Waals surface area contributed by atoms with Crippen molar-refractivity contribution in [1.82, 2.24) is 29.5 Å². The van der Waals surface area contributed by atoms with Gasteiger partial charge in [-0.05, 0) is 42.8 Å². The topological polar surface area (TPSA) is 61.4 Å². The third-order valence-corrected chi connectivity index (χ3v) is 4.07. The predicted molar refractivity (Wildman–Crippen MR) is 88.7 cm³/mol. The van der Waals surface area contributed by atoms with Crippen molar-refractivity contribution in [2.24, 2.45) is 14.1 Å². The van der Waals surface area contributed by atoms with E-state index in [1.54, 1.807) is 12.5 Å². The van der Waals surface area contributed by atoms with Gasteiger partial charge in [0.25, 0.3) is 0 Å². The number of aromatic nitrogens is 6. The van der Waals surface area contributed by atoms with Crippen molar-refractivity contribution in [2.45, 2.75) is 6.92 Å². The number of aryl methyl sites for hydroxylation is 3. The van der Waals surface area contributed by atoms with E-state index in [1.807, 2.05) is 41.5 Å². The molecule has 0 aliphatic carbocycles. The lowest BCUT2D eigenvalue weighted by atomic mass is 10.0. The molecular weight excluding hydrogens is 288 g/mol. The van der Waals surface area contributed by atoms with Crippen LogP contribution in [-0.4, -0.2) is 29.5 Å². The molecule has 0 aliphatic heterocycles. The Bertz CT molecular complexity index is 1010. The number of rotatable bonds is 2. The van der Waals surface area contributed by atoms with Gasteiger partial charge in [0, 0.05) is 31.2 Å². The van der Waals surface area contributed by atoms with E-state index in [2.05, 4.69) is 34.4 Å². The fourth-order valence-electron chi connectivity index (χ4n) is 2.83. The molecule has 4 aromatic rings. The van der Waals surface area contributed by atoms with Crippen LogP contribution in [0.2, 0.25) is 0 Å². The van der Waals surface area contributed by atoms with E-state index in [1.165, 1.54) is 5.56 Å². The van der Waals surface area contributed by atoms with Crippen LogP contribution in [0.15, 0.2) is 42.9 Å². The van der Waals surface area contributed by atoms with Gasteiger partial charge in [-0.25, -0.2) is 4.98 Å². The summed E-state index contributed by atoms with van der Waals surface area (Å²) in [6.45, 7) is 2.10. The first-order valence-corrected chi connectivity index (χ1v) is 7.37. The molecule has 0 radical (unpaired) electrons. The van der Waals surface area contributed by atoms with Gasteiger partial charge in [0.1, 0.15) is 6.33 Å². The smallest absolute Gasteiger partial charge is 0.163 e. The van der Waals surface area contributed by atoms with Gasteiger partial charge >= 0.3 is 0 Å². The first-order valence-electron chi connectivity index (χ1n) is 7.37. The Labute approximate surface area is 133 Å². The van der Waals surface area contributed by atoms with Crippen molar-refractivity contribution in [3.63, 3.8) is 0 Å². The highest BCUT2D eigenvalue weighted by molar-refractivity contribution is 5.88. The summed E-state index contributed by atoms with van der Waals surface area (Å²) in [6.07, 6.45) is 3.49. The molecule has 0 bridgehead atoms. The van der Waals surface area contributed by atoms with E-state index < -0.39 is 0 Å². The lowest BCUT2D eigenvalue weighted by Crippen LogP contribution is -1.97. The monoisotopic (exact) mass is 304 g/mol. The zero-order valence-corrected chi connectivity index (χ0v) is 13.2. The first-order chi connectivity index (χ1) is 11.1. The minimum absolute atomic E-state index is 0.849. The number of hydrogen-bond acceptors (Lipinski definition) is 4. The molecule has 3 heterocycles. The number of nitrogens with zero attached hydrogens (tertiary/aromatic N) is 6. The van der Waals surface area contributed by atoms with Gasteiger partial charge in [0.05, 0.1) is 16.9 Å². The lowest BCUT2D eigenvalue weighted by Gasteiger charge is -2.09. The SMILES string of the molecule is Cc1cc(-c2ccnn2C)nc2ccc(-c3nncn3C)cc12. The standard InChI is InChI=1S/C17H16N6/c1-11-8-15(16-6-7-19-23(16)3)20-14-5-4-12(9-13(11)14)17-21-18-10-22(17)2/h4-10H,1-3H3. The maximum Gasteiger partial charge on any atom is 0.163 e. The molecule has 4 rings (SSSR count). The van der Waals surface area contributed by atoms with Crippen molar-refractivity contribution >= 4 is 10.9 Å². The van der Waals surface area contributed by atoms with Crippen LogP contribution in [0.4, 0.5) is 0 Å². The Morgan fingerprint density at radius 1 is 1.04 bits per heavy atom. The number of hydrogen-bond donors (Lipinski definition) is 0. The second-order valence-corrected chi connectivity index (χ2v) is 5.66. The Morgan fingerprint density at radius 2 is 1.91 bits per heavy atom. The fourth-order valence-corrected chi connectivity index (χ4v) is 2.83. The van der Waals surface area contributed by atoms with Crippen LogP contribution in [0.3, 0.4) is 0 Å². The van der Waals surface area contributed by atoms with Crippen molar-refractivity contribution in [1.29, 1.82) is 0 Å². The van der Waals surface area contributed by atoms with E-state index >= 15 is 0 Å². The van der Waals surface area contributed by atoms with Gasteiger partial charge in [0.2, 0.25) is 0 Å². The van der Waals surface area contributed by atoms with Gasteiger partial charge in [0.15, 0.2) is 5.82 Å². The molecule has 1 aromatic carbocycles. The second-order valence-electron chi connectivity index (χ2n) is 5.66. The fraction of sp³-hybridized carbons (Fsp3) is 0.176. The van der Waals surface area contributed by atoms with E-state index in [0.717, 1.165) is 33.7 Å². The molecule has 0 atom stereocenters. The first kappa shape index (κ1) is 13.6. The zero-order chi connectivity index (χ0) is 16.0. The lowest BCUT2D eigenvalue weighted by molar-refractivity contribution is 0.773. The Kier molecular flexibility index (Phi) is 2.97. The average molecular weight is 304 g/mol. The number of pyridine rings is 1. The normalized spacial score (nSPS) is 11.3. The Morgan fingerprint density at radius 3 is 2.61 bits per heavy atom. The van der Waals surface area contributed by atoms with Crippen LogP contribution in [-0.2, 0) is 14.1 Å². The van der Waals surface area contributed by atoms with E-state index in [9.17, 15) is 0 Å².